The first-order valence-electron chi connectivity index (χ1n) is 6.41. The number of carbonyl (C=O) groups is 1. The highest BCUT2D eigenvalue weighted by Gasteiger charge is 2.13. The zero-order valence-corrected chi connectivity index (χ0v) is 11.3. The molecule has 2 heterocycles. The van der Waals surface area contributed by atoms with Crippen molar-refractivity contribution in [3.8, 4) is 0 Å². The van der Waals surface area contributed by atoms with E-state index in [0.717, 1.165) is 31.8 Å². The predicted octanol–water partition coefficient (Wildman–Crippen LogP) is 2.21. The van der Waals surface area contributed by atoms with Crippen LogP contribution in [-0.2, 0) is 9.53 Å². The van der Waals surface area contributed by atoms with E-state index in [9.17, 15) is 4.79 Å². The molecule has 0 atom stereocenters. The molecule has 0 N–H and O–H groups in total. The highest BCUT2D eigenvalue weighted by atomic mass is 16.5. The van der Waals surface area contributed by atoms with Crippen molar-refractivity contribution in [2.24, 2.45) is 4.99 Å². The van der Waals surface area contributed by atoms with E-state index in [1.54, 1.807) is 12.2 Å². The third-order valence-corrected chi connectivity index (χ3v) is 3.22. The van der Waals surface area contributed by atoms with Crippen LogP contribution in [0.4, 0.5) is 0 Å². The molecule has 0 radical (unpaired) electrons. The summed E-state index contributed by atoms with van der Waals surface area (Å²) in [6.07, 6.45) is 9.47. The lowest BCUT2D eigenvalue weighted by Crippen LogP contribution is -2.23. The van der Waals surface area contributed by atoms with Crippen LogP contribution in [-0.4, -0.2) is 36.9 Å². The van der Waals surface area contributed by atoms with Crippen LogP contribution in [0.1, 0.15) is 19.8 Å². The van der Waals surface area contributed by atoms with Gasteiger partial charge in [-0.2, -0.15) is 4.99 Å². The van der Waals surface area contributed by atoms with Crippen molar-refractivity contribution < 1.29 is 9.53 Å². The van der Waals surface area contributed by atoms with Crippen LogP contribution >= 0.6 is 0 Å². The van der Waals surface area contributed by atoms with E-state index in [4.69, 9.17) is 0 Å². The Bertz CT molecular complexity index is 520. The van der Waals surface area contributed by atoms with Crippen LogP contribution in [0.2, 0.25) is 0 Å². The summed E-state index contributed by atoms with van der Waals surface area (Å²) in [6, 6.07) is 0. The van der Waals surface area contributed by atoms with E-state index < -0.39 is 0 Å². The third-order valence-electron chi connectivity index (χ3n) is 3.22. The first kappa shape index (κ1) is 13.4. The minimum Gasteiger partial charge on any atom is -0.465 e. The Morgan fingerprint density at radius 3 is 3.05 bits per heavy atom. The quantitative estimate of drug-likeness (QED) is 0.563. The molecule has 0 amide bonds. The second-order valence-corrected chi connectivity index (χ2v) is 4.60. The van der Waals surface area contributed by atoms with Gasteiger partial charge in [-0.25, -0.2) is 4.79 Å². The number of ether oxygens (including phenoxy) is 1. The van der Waals surface area contributed by atoms with Crippen molar-refractivity contribution in [2.45, 2.75) is 19.8 Å². The number of aliphatic imine (C=N–C) groups is 1. The fourth-order valence-corrected chi connectivity index (χ4v) is 2.06. The van der Waals surface area contributed by atoms with Crippen molar-refractivity contribution >= 4 is 11.8 Å². The van der Waals surface area contributed by atoms with Crippen molar-refractivity contribution in [1.82, 2.24) is 4.90 Å². The summed E-state index contributed by atoms with van der Waals surface area (Å²) in [5.74, 6) is 3.27. The maximum atomic E-state index is 11.4. The van der Waals surface area contributed by atoms with E-state index in [1.165, 1.54) is 12.7 Å². The van der Waals surface area contributed by atoms with Crippen LogP contribution in [0.15, 0.2) is 46.3 Å². The predicted molar refractivity (Wildman–Crippen MR) is 74.8 cm³/mol. The number of esters is 1. The topological polar surface area (TPSA) is 41.9 Å². The van der Waals surface area contributed by atoms with E-state index in [0.29, 0.717) is 5.57 Å². The normalized spacial score (nSPS) is 19.1. The molecular weight excluding hydrogens is 240 g/mol. The highest BCUT2D eigenvalue weighted by molar-refractivity contribution is 5.94. The average Bonchev–Trinajstić information content (AvgIpc) is 2.78. The first-order chi connectivity index (χ1) is 9.20. The van der Waals surface area contributed by atoms with Crippen LogP contribution in [0.3, 0.4) is 0 Å². The molecule has 0 aromatic rings. The van der Waals surface area contributed by atoms with Crippen LogP contribution in [0, 0.1) is 0 Å². The van der Waals surface area contributed by atoms with Gasteiger partial charge in [0.05, 0.1) is 12.7 Å². The Morgan fingerprint density at radius 2 is 2.26 bits per heavy atom. The third kappa shape index (κ3) is 3.46. The monoisotopic (exact) mass is 258 g/mol. The van der Waals surface area contributed by atoms with Gasteiger partial charge in [0.2, 0.25) is 0 Å². The smallest absolute Gasteiger partial charge is 0.338 e. The van der Waals surface area contributed by atoms with E-state index in [1.807, 2.05) is 6.08 Å². The molecule has 0 fully saturated rings. The van der Waals surface area contributed by atoms with Gasteiger partial charge in [0.25, 0.3) is 0 Å². The van der Waals surface area contributed by atoms with E-state index in [-0.39, 0.29) is 5.97 Å². The minimum atomic E-state index is -0.367. The van der Waals surface area contributed by atoms with Crippen LogP contribution in [0.25, 0.3) is 0 Å². The first-order valence-corrected chi connectivity index (χ1v) is 6.41. The molecule has 2 aliphatic rings. The molecule has 4 nitrogen and oxygen atoms in total. The van der Waals surface area contributed by atoms with Crippen LogP contribution < -0.4 is 0 Å². The van der Waals surface area contributed by atoms with Crippen molar-refractivity contribution in [3.63, 3.8) is 0 Å². The van der Waals surface area contributed by atoms with Gasteiger partial charge >= 0.3 is 5.97 Å². The average molecular weight is 258 g/mol. The van der Waals surface area contributed by atoms with Gasteiger partial charge in [0.1, 0.15) is 5.82 Å². The summed E-state index contributed by atoms with van der Waals surface area (Å²) in [6.45, 7) is 4.04. The molecule has 0 aromatic heterocycles. The zero-order valence-electron chi connectivity index (χ0n) is 11.3. The number of allylic oxidation sites excluding steroid dienone is 2. The molecule has 2 aliphatic heterocycles. The number of carbonyl (C=O) groups excluding carboxylic acids is 1. The molecule has 0 aliphatic carbocycles. The Balaban J connectivity index is 2.14. The fraction of sp³-hybridized carbons (Fsp3) is 0.400. The van der Waals surface area contributed by atoms with Gasteiger partial charge < -0.3 is 9.64 Å². The Hall–Kier alpha value is -2.06. The fourth-order valence-electron chi connectivity index (χ4n) is 2.06. The molecule has 19 heavy (non-hydrogen) atoms. The molecule has 0 spiro atoms. The van der Waals surface area contributed by atoms with Gasteiger partial charge in [-0.15, -0.1) is 0 Å². The number of rotatable bonds is 2. The van der Waals surface area contributed by atoms with Gasteiger partial charge in [-0.1, -0.05) is 11.6 Å². The number of nitrogens with zero attached hydrogens (tertiary/aromatic N) is 2. The van der Waals surface area contributed by atoms with E-state index in [2.05, 4.69) is 33.5 Å². The van der Waals surface area contributed by atoms with Crippen LogP contribution in [0.5, 0.6) is 0 Å². The standard InChI is InChI=1S/C15H18N2O2/c1-12-4-3-10-17(11-8-12)14-6-5-13(7-9-16-14)15(18)19-2/h4-7H,3,8,10-11H2,1-2H3. The lowest BCUT2D eigenvalue weighted by atomic mass is 10.2. The summed E-state index contributed by atoms with van der Waals surface area (Å²) in [5.41, 5.74) is 1.88. The Labute approximate surface area is 113 Å². The van der Waals surface area contributed by atoms with Gasteiger partial charge in [0, 0.05) is 19.2 Å². The summed E-state index contributed by atoms with van der Waals surface area (Å²) < 4.78 is 4.69. The molecule has 100 valence electrons. The molecule has 2 rings (SSSR count). The van der Waals surface area contributed by atoms with Crippen molar-refractivity contribution in [2.75, 3.05) is 20.2 Å². The van der Waals surface area contributed by atoms with E-state index >= 15 is 0 Å². The molecule has 0 aromatic carbocycles. The minimum absolute atomic E-state index is 0.367. The number of hydrogen-bond acceptors (Lipinski definition) is 4. The molecule has 0 bridgehead atoms. The maximum absolute atomic E-state index is 11.4. The SMILES string of the molecule is COC(=O)C1=CC=C(N2CCC=C(C)CC2)N=C=C1. The van der Waals surface area contributed by atoms with Gasteiger partial charge in [-0.05, 0) is 37.8 Å². The summed E-state index contributed by atoms with van der Waals surface area (Å²) in [5, 5.41) is 0. The number of methoxy groups -OCH3 is 1. The highest BCUT2D eigenvalue weighted by Crippen LogP contribution is 2.17. The lowest BCUT2D eigenvalue weighted by Gasteiger charge is -2.21. The lowest BCUT2D eigenvalue weighted by molar-refractivity contribution is -0.135. The molecular formula is C15H18N2O2. The Kier molecular flexibility index (Phi) is 4.37. The summed E-state index contributed by atoms with van der Waals surface area (Å²) in [4.78, 5) is 17.9. The summed E-state index contributed by atoms with van der Waals surface area (Å²) >= 11 is 0. The van der Waals surface area contributed by atoms with Gasteiger partial charge in [0.15, 0.2) is 0 Å². The molecule has 0 saturated carbocycles. The molecule has 0 unspecified atom stereocenters. The second kappa shape index (κ2) is 6.21. The number of hydrogen-bond donors (Lipinski definition) is 0. The second-order valence-electron chi connectivity index (χ2n) is 4.60. The largest absolute Gasteiger partial charge is 0.465 e. The van der Waals surface area contributed by atoms with Gasteiger partial charge in [-0.3, -0.25) is 0 Å². The van der Waals surface area contributed by atoms with Crippen molar-refractivity contribution in [1.29, 1.82) is 0 Å². The summed E-state index contributed by atoms with van der Waals surface area (Å²) in [7, 11) is 1.37. The van der Waals surface area contributed by atoms with Crippen molar-refractivity contribution in [3.05, 3.63) is 41.3 Å². The zero-order chi connectivity index (χ0) is 13.7. The Morgan fingerprint density at radius 1 is 1.42 bits per heavy atom. The molecule has 4 heteroatoms. The maximum Gasteiger partial charge on any atom is 0.338 e. The molecule has 0 saturated heterocycles.